The Kier molecular flexibility index (Phi) is 2.67. The summed E-state index contributed by atoms with van der Waals surface area (Å²) < 4.78 is 1.04. The summed E-state index contributed by atoms with van der Waals surface area (Å²) in [7, 11) is 0. The molecule has 1 heterocycles. The molecule has 13 heavy (non-hydrogen) atoms. The molecule has 0 aliphatic carbocycles. The second kappa shape index (κ2) is 3.78. The third-order valence-corrected chi connectivity index (χ3v) is 3.59. The van der Waals surface area contributed by atoms with Gasteiger partial charge in [-0.3, -0.25) is 0 Å². The van der Waals surface area contributed by atoms with Gasteiger partial charge in [-0.1, -0.05) is 45.7 Å². The highest BCUT2D eigenvalue weighted by Crippen LogP contribution is 2.35. The Labute approximate surface area is 93.5 Å². The van der Waals surface area contributed by atoms with E-state index in [4.69, 9.17) is 11.6 Å². The van der Waals surface area contributed by atoms with Gasteiger partial charge in [0, 0.05) is 10.0 Å². The third kappa shape index (κ3) is 1.77. The molecule has 0 bridgehead atoms. The monoisotopic (exact) mass is 273 g/mol. The van der Waals surface area contributed by atoms with Gasteiger partial charge < -0.3 is 0 Å². The molecule has 0 aliphatic rings. The van der Waals surface area contributed by atoms with Crippen molar-refractivity contribution in [2.45, 2.75) is 0 Å². The molecule has 4 heteroatoms. The molecule has 0 spiro atoms. The first-order valence-electron chi connectivity index (χ1n) is 3.63. The van der Waals surface area contributed by atoms with Gasteiger partial charge in [0.15, 0.2) is 0 Å². The molecule has 0 fully saturated rings. The van der Waals surface area contributed by atoms with Crippen molar-refractivity contribution in [2.24, 2.45) is 0 Å². The lowest BCUT2D eigenvalue weighted by Gasteiger charge is -1.99. The van der Waals surface area contributed by atoms with E-state index in [9.17, 15) is 0 Å². The van der Waals surface area contributed by atoms with Gasteiger partial charge >= 0.3 is 0 Å². The van der Waals surface area contributed by atoms with Gasteiger partial charge in [-0.05, 0) is 6.07 Å². The van der Waals surface area contributed by atoms with Crippen molar-refractivity contribution in [1.29, 1.82) is 0 Å². The van der Waals surface area contributed by atoms with Gasteiger partial charge in [0.25, 0.3) is 0 Å². The summed E-state index contributed by atoms with van der Waals surface area (Å²) in [6.45, 7) is 0. The van der Waals surface area contributed by atoms with Gasteiger partial charge in [-0.2, -0.15) is 0 Å². The van der Waals surface area contributed by atoms with E-state index in [0.717, 1.165) is 14.9 Å². The standard InChI is InChI=1S/C9H5BrClNS/c10-7-4-2-1-3-6(7)8-9(11)12-5-13-8/h1-5H. The summed E-state index contributed by atoms with van der Waals surface area (Å²) in [5.74, 6) is 0. The Morgan fingerprint density at radius 1 is 1.31 bits per heavy atom. The summed E-state index contributed by atoms with van der Waals surface area (Å²) in [6.07, 6.45) is 0. The number of thiazole rings is 1. The minimum absolute atomic E-state index is 0.567. The van der Waals surface area contributed by atoms with E-state index in [2.05, 4.69) is 20.9 Å². The van der Waals surface area contributed by atoms with Gasteiger partial charge in [0.05, 0.1) is 10.4 Å². The van der Waals surface area contributed by atoms with E-state index in [1.807, 2.05) is 24.3 Å². The van der Waals surface area contributed by atoms with Crippen LogP contribution < -0.4 is 0 Å². The van der Waals surface area contributed by atoms with Crippen LogP contribution in [0.25, 0.3) is 10.4 Å². The second-order valence-electron chi connectivity index (χ2n) is 2.45. The van der Waals surface area contributed by atoms with Crippen molar-refractivity contribution in [3.05, 3.63) is 39.4 Å². The van der Waals surface area contributed by atoms with Crippen molar-refractivity contribution in [3.8, 4) is 10.4 Å². The first-order chi connectivity index (χ1) is 6.29. The van der Waals surface area contributed by atoms with Crippen LogP contribution >= 0.6 is 38.9 Å². The molecule has 1 aromatic carbocycles. The zero-order chi connectivity index (χ0) is 9.26. The van der Waals surface area contributed by atoms with Crippen LogP contribution in [0.3, 0.4) is 0 Å². The topological polar surface area (TPSA) is 12.9 Å². The summed E-state index contributed by atoms with van der Waals surface area (Å²) in [5, 5.41) is 0.567. The predicted molar refractivity (Wildman–Crippen MR) is 60.3 cm³/mol. The van der Waals surface area contributed by atoms with Crippen LogP contribution in [0.1, 0.15) is 0 Å². The Hall–Kier alpha value is -0.380. The smallest absolute Gasteiger partial charge is 0.147 e. The van der Waals surface area contributed by atoms with Crippen LogP contribution in [0.4, 0.5) is 0 Å². The number of hydrogen-bond acceptors (Lipinski definition) is 2. The van der Waals surface area contributed by atoms with E-state index in [1.54, 1.807) is 16.8 Å². The molecule has 0 saturated carbocycles. The molecule has 0 amide bonds. The average molecular weight is 275 g/mol. The Morgan fingerprint density at radius 3 is 2.69 bits per heavy atom. The molecule has 0 radical (unpaired) electrons. The van der Waals surface area contributed by atoms with Crippen LogP contribution in [0.2, 0.25) is 5.15 Å². The molecular weight excluding hydrogens is 270 g/mol. The second-order valence-corrected chi connectivity index (χ2v) is 4.52. The number of nitrogens with zero attached hydrogens (tertiary/aromatic N) is 1. The lowest BCUT2D eigenvalue weighted by Crippen LogP contribution is -1.75. The number of hydrogen-bond donors (Lipinski definition) is 0. The fourth-order valence-corrected chi connectivity index (χ4v) is 2.73. The number of rotatable bonds is 1. The molecule has 66 valence electrons. The minimum atomic E-state index is 0.567. The normalized spacial score (nSPS) is 10.3. The maximum atomic E-state index is 5.92. The Balaban J connectivity index is 2.59. The molecule has 1 aromatic heterocycles. The third-order valence-electron chi connectivity index (χ3n) is 1.64. The van der Waals surface area contributed by atoms with Crippen LogP contribution in [-0.2, 0) is 0 Å². The predicted octanol–water partition coefficient (Wildman–Crippen LogP) is 4.23. The summed E-state index contributed by atoms with van der Waals surface area (Å²) in [5.41, 5.74) is 2.84. The van der Waals surface area contributed by atoms with Crippen molar-refractivity contribution < 1.29 is 0 Å². The van der Waals surface area contributed by atoms with Crippen LogP contribution in [-0.4, -0.2) is 4.98 Å². The molecule has 2 aromatic rings. The van der Waals surface area contributed by atoms with Crippen LogP contribution in [0.15, 0.2) is 34.2 Å². The molecule has 2 rings (SSSR count). The van der Waals surface area contributed by atoms with Crippen LogP contribution in [0, 0.1) is 0 Å². The van der Waals surface area contributed by atoms with Crippen LogP contribution in [0.5, 0.6) is 0 Å². The molecule has 0 saturated heterocycles. The summed E-state index contributed by atoms with van der Waals surface area (Å²) in [4.78, 5) is 5.01. The first kappa shape index (κ1) is 9.19. The molecule has 1 nitrogen and oxygen atoms in total. The van der Waals surface area contributed by atoms with E-state index < -0.39 is 0 Å². The van der Waals surface area contributed by atoms with E-state index in [0.29, 0.717) is 5.15 Å². The number of halogens is 2. The van der Waals surface area contributed by atoms with Gasteiger partial charge in [0.1, 0.15) is 5.15 Å². The lowest BCUT2D eigenvalue weighted by molar-refractivity contribution is 1.42. The van der Waals surface area contributed by atoms with Gasteiger partial charge in [-0.15, -0.1) is 11.3 Å². The van der Waals surface area contributed by atoms with Crippen molar-refractivity contribution >= 4 is 38.9 Å². The molecule has 0 atom stereocenters. The average Bonchev–Trinajstić information content (AvgIpc) is 2.52. The quantitative estimate of drug-likeness (QED) is 0.758. The molecule has 0 aliphatic heterocycles. The highest BCUT2D eigenvalue weighted by Gasteiger charge is 2.08. The minimum Gasteiger partial charge on any atom is -0.232 e. The highest BCUT2D eigenvalue weighted by atomic mass is 79.9. The highest BCUT2D eigenvalue weighted by molar-refractivity contribution is 9.10. The fourth-order valence-electron chi connectivity index (χ4n) is 1.05. The van der Waals surface area contributed by atoms with Gasteiger partial charge in [-0.25, -0.2) is 4.98 Å². The van der Waals surface area contributed by atoms with Crippen molar-refractivity contribution in [2.75, 3.05) is 0 Å². The lowest BCUT2D eigenvalue weighted by atomic mass is 10.2. The van der Waals surface area contributed by atoms with Gasteiger partial charge in [0.2, 0.25) is 0 Å². The number of benzene rings is 1. The largest absolute Gasteiger partial charge is 0.232 e. The Bertz CT molecular complexity index is 427. The summed E-state index contributed by atoms with van der Waals surface area (Å²) in [6, 6.07) is 7.97. The van der Waals surface area contributed by atoms with E-state index >= 15 is 0 Å². The fraction of sp³-hybridized carbons (Fsp3) is 0. The zero-order valence-corrected chi connectivity index (χ0v) is 9.66. The zero-order valence-electron chi connectivity index (χ0n) is 6.50. The SMILES string of the molecule is Clc1ncsc1-c1ccccc1Br. The number of aromatic nitrogens is 1. The molecule has 0 N–H and O–H groups in total. The molecular formula is C9H5BrClNS. The Morgan fingerprint density at radius 2 is 2.08 bits per heavy atom. The summed E-state index contributed by atoms with van der Waals surface area (Å²) >= 11 is 10.9. The maximum absolute atomic E-state index is 5.92. The molecule has 0 unspecified atom stereocenters. The van der Waals surface area contributed by atoms with Crippen molar-refractivity contribution in [3.63, 3.8) is 0 Å². The van der Waals surface area contributed by atoms with E-state index in [-0.39, 0.29) is 0 Å². The van der Waals surface area contributed by atoms with Crippen molar-refractivity contribution in [1.82, 2.24) is 4.98 Å². The van der Waals surface area contributed by atoms with E-state index in [1.165, 1.54) is 0 Å². The first-order valence-corrected chi connectivity index (χ1v) is 5.68. The maximum Gasteiger partial charge on any atom is 0.147 e.